The molecule has 0 fully saturated rings. The molecule has 0 aromatic carbocycles. The highest BCUT2D eigenvalue weighted by Crippen LogP contribution is 2.17. The van der Waals surface area contributed by atoms with E-state index >= 15 is 0 Å². The lowest BCUT2D eigenvalue weighted by molar-refractivity contribution is 0.276. The molecule has 0 radical (unpaired) electrons. The summed E-state index contributed by atoms with van der Waals surface area (Å²) in [7, 11) is 0. The third-order valence-corrected chi connectivity index (χ3v) is 2.05. The van der Waals surface area contributed by atoms with Crippen LogP contribution in [0.5, 0.6) is 0 Å². The minimum atomic E-state index is -0.188. The smallest absolute Gasteiger partial charge is 0.159 e. The summed E-state index contributed by atoms with van der Waals surface area (Å²) in [5, 5.41) is 17.7. The van der Waals surface area contributed by atoms with E-state index in [2.05, 4.69) is 9.97 Å². The maximum Gasteiger partial charge on any atom is 0.159 e. The van der Waals surface area contributed by atoms with E-state index in [1.54, 1.807) is 0 Å². The molecule has 1 N–H and O–H groups in total. The zero-order chi connectivity index (χ0) is 10.6. The lowest BCUT2D eigenvalue weighted by Gasteiger charge is -2.17. The van der Waals surface area contributed by atoms with Crippen LogP contribution in [-0.2, 0) is 6.61 Å². The molecule has 0 amide bonds. The van der Waals surface area contributed by atoms with Crippen molar-refractivity contribution in [1.82, 2.24) is 9.97 Å². The number of aliphatic hydroxyl groups is 1. The Morgan fingerprint density at radius 2 is 2.43 bits per heavy atom. The van der Waals surface area contributed by atoms with E-state index in [9.17, 15) is 0 Å². The van der Waals surface area contributed by atoms with Crippen molar-refractivity contribution in [3.05, 3.63) is 29.7 Å². The summed E-state index contributed by atoms with van der Waals surface area (Å²) in [6.45, 7) is 3.67. The molecule has 1 unspecified atom stereocenters. The molecule has 0 saturated heterocycles. The largest absolute Gasteiger partial charge is 0.390 e. The second-order valence-corrected chi connectivity index (χ2v) is 2.99. The van der Waals surface area contributed by atoms with Crippen LogP contribution < -0.4 is 0 Å². The first-order valence-electron chi connectivity index (χ1n) is 4.39. The van der Waals surface area contributed by atoms with Crippen LogP contribution >= 0.6 is 0 Å². The normalized spacial score (nSPS) is 12.1. The van der Waals surface area contributed by atoms with Crippen molar-refractivity contribution >= 4 is 0 Å². The van der Waals surface area contributed by atoms with Crippen molar-refractivity contribution in [2.45, 2.75) is 26.4 Å². The van der Waals surface area contributed by atoms with Crippen molar-refractivity contribution in [3.63, 3.8) is 0 Å². The van der Waals surface area contributed by atoms with Gasteiger partial charge in [0.1, 0.15) is 6.07 Å². The molecule has 0 saturated carbocycles. The lowest BCUT2D eigenvalue weighted by atomic mass is 10.0. The Morgan fingerprint density at radius 1 is 1.71 bits per heavy atom. The number of aromatic nitrogens is 2. The van der Waals surface area contributed by atoms with Crippen molar-refractivity contribution in [3.8, 4) is 6.07 Å². The van der Waals surface area contributed by atoms with Crippen molar-refractivity contribution in [2.75, 3.05) is 0 Å². The Hall–Kier alpha value is -1.47. The maximum absolute atomic E-state index is 8.83. The fraction of sp³-hybridized carbons (Fsp3) is 0.400. The van der Waals surface area contributed by atoms with Gasteiger partial charge in [-0.1, -0.05) is 6.92 Å². The van der Waals surface area contributed by atoms with Gasteiger partial charge in [-0.3, -0.25) is 4.98 Å². The Bertz CT molecular complexity index is 357. The fourth-order valence-electron chi connectivity index (χ4n) is 1.08. The van der Waals surface area contributed by atoms with Gasteiger partial charge in [0.15, 0.2) is 5.69 Å². The zero-order valence-corrected chi connectivity index (χ0v) is 8.23. The summed E-state index contributed by atoms with van der Waals surface area (Å²) < 4.78 is 0. The molecule has 0 aliphatic heterocycles. The molecule has 1 rings (SSSR count). The van der Waals surface area contributed by atoms with Crippen LogP contribution in [0.15, 0.2) is 6.20 Å². The SMILES string of the molecule is C[CH-]C(C)c1ncc(CO)nc1C#N. The molecule has 0 aliphatic rings. The second kappa shape index (κ2) is 4.68. The maximum atomic E-state index is 8.83. The zero-order valence-electron chi connectivity index (χ0n) is 8.23. The van der Waals surface area contributed by atoms with E-state index in [-0.39, 0.29) is 12.5 Å². The molecule has 4 nitrogen and oxygen atoms in total. The van der Waals surface area contributed by atoms with Crippen LogP contribution in [0.3, 0.4) is 0 Å². The van der Waals surface area contributed by atoms with Crippen molar-refractivity contribution in [2.24, 2.45) is 0 Å². The molecule has 1 aromatic rings. The monoisotopic (exact) mass is 190 g/mol. The van der Waals surface area contributed by atoms with Crippen LogP contribution in [0.25, 0.3) is 0 Å². The van der Waals surface area contributed by atoms with Crippen molar-refractivity contribution in [1.29, 1.82) is 5.26 Å². The first-order chi connectivity index (χ1) is 6.72. The number of nitriles is 1. The van der Waals surface area contributed by atoms with Crippen LogP contribution in [-0.4, -0.2) is 15.1 Å². The Balaban J connectivity index is 3.13. The van der Waals surface area contributed by atoms with E-state index in [0.29, 0.717) is 17.1 Å². The molecule has 74 valence electrons. The predicted molar refractivity (Wildman–Crippen MR) is 51.1 cm³/mol. The summed E-state index contributed by atoms with van der Waals surface area (Å²) >= 11 is 0. The summed E-state index contributed by atoms with van der Waals surface area (Å²) in [6.07, 6.45) is 3.44. The van der Waals surface area contributed by atoms with Gasteiger partial charge in [0.2, 0.25) is 0 Å². The van der Waals surface area contributed by atoms with Crippen LogP contribution in [0.1, 0.15) is 36.8 Å². The highest BCUT2D eigenvalue weighted by molar-refractivity contribution is 5.30. The highest BCUT2D eigenvalue weighted by Gasteiger charge is 2.07. The van der Waals surface area contributed by atoms with Crippen LogP contribution in [0.2, 0.25) is 0 Å². The molecule has 1 heterocycles. The van der Waals surface area contributed by atoms with Gasteiger partial charge in [-0.25, -0.2) is 4.98 Å². The lowest BCUT2D eigenvalue weighted by Crippen LogP contribution is -2.05. The van der Waals surface area contributed by atoms with Crippen LogP contribution in [0.4, 0.5) is 0 Å². The molecule has 1 atom stereocenters. The van der Waals surface area contributed by atoms with E-state index in [0.717, 1.165) is 0 Å². The molecule has 0 aliphatic carbocycles. The van der Waals surface area contributed by atoms with Gasteiger partial charge >= 0.3 is 0 Å². The van der Waals surface area contributed by atoms with E-state index in [1.807, 2.05) is 26.3 Å². The molecule has 0 spiro atoms. The summed E-state index contributed by atoms with van der Waals surface area (Å²) in [5.41, 5.74) is 1.38. The van der Waals surface area contributed by atoms with Gasteiger partial charge in [0.05, 0.1) is 24.2 Å². The third kappa shape index (κ3) is 2.06. The molecular weight excluding hydrogens is 178 g/mol. The van der Waals surface area contributed by atoms with E-state index < -0.39 is 0 Å². The highest BCUT2D eigenvalue weighted by atomic mass is 16.3. The van der Waals surface area contributed by atoms with Crippen LogP contribution in [0, 0.1) is 17.8 Å². The minimum absolute atomic E-state index is 0.102. The number of aliphatic hydroxyl groups excluding tert-OH is 1. The number of hydrogen-bond donors (Lipinski definition) is 1. The Kier molecular flexibility index (Phi) is 3.55. The molecular formula is C10H12N3O-. The standard InChI is InChI=1S/C10H12N3O/c1-3-7(2)10-9(4-11)13-8(6-14)5-12-10/h3,5,7,14H,6H2,1-2H3/q-1. The first-order valence-corrected chi connectivity index (χ1v) is 4.39. The predicted octanol–water partition coefficient (Wildman–Crippen LogP) is 1.17. The number of hydrogen-bond acceptors (Lipinski definition) is 4. The Labute approximate surface area is 83.2 Å². The van der Waals surface area contributed by atoms with Crippen molar-refractivity contribution < 1.29 is 5.11 Å². The van der Waals surface area contributed by atoms with Gasteiger partial charge in [-0.05, 0) is 0 Å². The number of rotatable bonds is 3. The van der Waals surface area contributed by atoms with Gasteiger partial charge < -0.3 is 11.5 Å². The summed E-state index contributed by atoms with van der Waals surface area (Å²) in [5.74, 6) is 0.102. The molecule has 4 heteroatoms. The molecule has 0 bridgehead atoms. The minimum Gasteiger partial charge on any atom is -0.390 e. The average Bonchev–Trinajstić information content (AvgIpc) is 2.27. The van der Waals surface area contributed by atoms with Gasteiger partial charge in [0.25, 0.3) is 0 Å². The first kappa shape index (κ1) is 10.6. The van der Waals surface area contributed by atoms with Gasteiger partial charge in [-0.2, -0.15) is 12.2 Å². The van der Waals surface area contributed by atoms with E-state index in [4.69, 9.17) is 10.4 Å². The average molecular weight is 190 g/mol. The molecule has 1 aromatic heterocycles. The topological polar surface area (TPSA) is 69.8 Å². The van der Waals surface area contributed by atoms with E-state index in [1.165, 1.54) is 6.20 Å². The third-order valence-electron chi connectivity index (χ3n) is 2.05. The van der Waals surface area contributed by atoms with Gasteiger partial charge in [0, 0.05) is 0 Å². The quantitative estimate of drug-likeness (QED) is 0.726. The number of nitrogens with zero attached hydrogens (tertiary/aromatic N) is 3. The summed E-state index contributed by atoms with van der Waals surface area (Å²) in [4.78, 5) is 8.10. The van der Waals surface area contributed by atoms with Gasteiger partial charge in [-0.15, -0.1) is 5.92 Å². The fourth-order valence-corrected chi connectivity index (χ4v) is 1.08. The molecule has 14 heavy (non-hydrogen) atoms. The second-order valence-electron chi connectivity index (χ2n) is 2.99. The Morgan fingerprint density at radius 3 is 2.93 bits per heavy atom. The summed E-state index contributed by atoms with van der Waals surface area (Å²) in [6, 6.07) is 1.98.